The van der Waals surface area contributed by atoms with Crippen LogP contribution in [0.4, 0.5) is 0 Å². The monoisotopic (exact) mass is 235 g/mol. The van der Waals surface area contributed by atoms with Crippen molar-refractivity contribution in [2.45, 2.75) is 51.0 Å². The minimum Gasteiger partial charge on any atom is -0.353 e. The van der Waals surface area contributed by atoms with Gasteiger partial charge in [-0.1, -0.05) is 25.7 Å². The Hall–Kier alpha value is -1.32. The van der Waals surface area contributed by atoms with Crippen LogP contribution in [0.15, 0.2) is 12.4 Å². The lowest BCUT2D eigenvalue weighted by Crippen LogP contribution is -2.35. The van der Waals surface area contributed by atoms with Crippen molar-refractivity contribution >= 4 is 5.91 Å². The van der Waals surface area contributed by atoms with Crippen LogP contribution in [0.5, 0.6) is 0 Å². The van der Waals surface area contributed by atoms with Crippen LogP contribution in [0.1, 0.15) is 44.3 Å². The zero-order valence-electron chi connectivity index (χ0n) is 10.5. The number of carbonyl (C=O) groups is 1. The second-order valence-corrected chi connectivity index (χ2v) is 4.89. The largest absolute Gasteiger partial charge is 0.353 e. The van der Waals surface area contributed by atoms with Gasteiger partial charge < -0.3 is 9.88 Å². The SMILES string of the molecule is Cn1ccnc1CC(=O)NC1CCCCCC1. The number of imidazole rings is 1. The molecule has 4 nitrogen and oxygen atoms in total. The standard InChI is InChI=1S/C13H21N3O/c1-16-9-8-14-12(16)10-13(17)15-11-6-4-2-3-5-7-11/h8-9,11H,2-7,10H2,1H3,(H,15,17). The number of hydrogen-bond donors (Lipinski definition) is 1. The highest BCUT2D eigenvalue weighted by molar-refractivity contribution is 5.78. The van der Waals surface area contributed by atoms with Crippen molar-refractivity contribution in [3.8, 4) is 0 Å². The maximum atomic E-state index is 11.9. The average molecular weight is 235 g/mol. The molecule has 0 unspecified atom stereocenters. The molecule has 4 heteroatoms. The zero-order chi connectivity index (χ0) is 12.1. The number of rotatable bonds is 3. The summed E-state index contributed by atoms with van der Waals surface area (Å²) in [5, 5.41) is 3.13. The molecule has 1 N–H and O–H groups in total. The third-order valence-corrected chi connectivity index (χ3v) is 3.46. The van der Waals surface area contributed by atoms with E-state index in [9.17, 15) is 4.79 Å². The van der Waals surface area contributed by atoms with Gasteiger partial charge in [-0.25, -0.2) is 4.98 Å². The number of nitrogens with zero attached hydrogens (tertiary/aromatic N) is 2. The summed E-state index contributed by atoms with van der Waals surface area (Å²) in [6.45, 7) is 0. The molecule has 1 aliphatic rings. The van der Waals surface area contributed by atoms with Gasteiger partial charge in [-0.3, -0.25) is 4.79 Å². The maximum Gasteiger partial charge on any atom is 0.227 e. The van der Waals surface area contributed by atoms with Crippen LogP contribution in [0.25, 0.3) is 0 Å². The van der Waals surface area contributed by atoms with E-state index in [2.05, 4.69) is 10.3 Å². The number of nitrogens with one attached hydrogen (secondary N) is 1. The molecule has 0 radical (unpaired) electrons. The third-order valence-electron chi connectivity index (χ3n) is 3.46. The molecule has 0 atom stereocenters. The van der Waals surface area contributed by atoms with Crippen LogP contribution in [0.3, 0.4) is 0 Å². The number of amides is 1. The van der Waals surface area contributed by atoms with E-state index < -0.39 is 0 Å². The van der Waals surface area contributed by atoms with Crippen LogP contribution in [-0.2, 0) is 18.3 Å². The van der Waals surface area contributed by atoms with Crippen molar-refractivity contribution in [2.75, 3.05) is 0 Å². The van der Waals surface area contributed by atoms with Crippen LogP contribution in [0, 0.1) is 0 Å². The van der Waals surface area contributed by atoms with E-state index in [1.54, 1.807) is 6.20 Å². The van der Waals surface area contributed by atoms with Gasteiger partial charge in [0.2, 0.25) is 5.91 Å². The van der Waals surface area contributed by atoms with Gasteiger partial charge in [-0.15, -0.1) is 0 Å². The first-order valence-electron chi connectivity index (χ1n) is 6.51. The molecule has 1 fully saturated rings. The van der Waals surface area contributed by atoms with E-state index in [-0.39, 0.29) is 5.91 Å². The van der Waals surface area contributed by atoms with Gasteiger partial charge in [0.05, 0.1) is 6.42 Å². The first-order chi connectivity index (χ1) is 8.25. The van der Waals surface area contributed by atoms with E-state index in [0.29, 0.717) is 12.5 Å². The van der Waals surface area contributed by atoms with E-state index in [0.717, 1.165) is 18.7 Å². The topological polar surface area (TPSA) is 46.9 Å². The van der Waals surface area contributed by atoms with Gasteiger partial charge in [0.1, 0.15) is 5.82 Å². The second-order valence-electron chi connectivity index (χ2n) is 4.89. The zero-order valence-corrected chi connectivity index (χ0v) is 10.5. The summed E-state index contributed by atoms with van der Waals surface area (Å²) in [5.74, 6) is 0.933. The minimum absolute atomic E-state index is 0.103. The predicted octanol–water partition coefficient (Wildman–Crippen LogP) is 1.80. The highest BCUT2D eigenvalue weighted by Crippen LogP contribution is 2.17. The molecule has 0 saturated heterocycles. The lowest BCUT2D eigenvalue weighted by molar-refractivity contribution is -0.121. The van der Waals surface area contributed by atoms with Gasteiger partial charge >= 0.3 is 0 Å². The first-order valence-corrected chi connectivity index (χ1v) is 6.51. The van der Waals surface area contributed by atoms with E-state index >= 15 is 0 Å². The molecule has 1 heterocycles. The van der Waals surface area contributed by atoms with Gasteiger partial charge in [0.25, 0.3) is 0 Å². The molecule has 2 rings (SSSR count). The molecular weight excluding hydrogens is 214 g/mol. The molecular formula is C13H21N3O. The summed E-state index contributed by atoms with van der Waals surface area (Å²) in [6, 6.07) is 0.380. The summed E-state index contributed by atoms with van der Waals surface area (Å²) >= 11 is 0. The maximum absolute atomic E-state index is 11.9. The Labute approximate surface area is 102 Å². The molecule has 0 aliphatic heterocycles. The van der Waals surface area contributed by atoms with Crippen molar-refractivity contribution in [3.05, 3.63) is 18.2 Å². The van der Waals surface area contributed by atoms with Crippen molar-refractivity contribution in [1.29, 1.82) is 0 Å². The molecule has 1 amide bonds. The Morgan fingerprint density at radius 2 is 2.12 bits per heavy atom. The predicted molar refractivity (Wildman–Crippen MR) is 66.5 cm³/mol. The molecule has 1 aromatic heterocycles. The number of aromatic nitrogens is 2. The molecule has 1 saturated carbocycles. The molecule has 94 valence electrons. The van der Waals surface area contributed by atoms with Crippen molar-refractivity contribution < 1.29 is 4.79 Å². The molecule has 17 heavy (non-hydrogen) atoms. The van der Waals surface area contributed by atoms with E-state index in [4.69, 9.17) is 0 Å². The summed E-state index contributed by atoms with van der Waals surface area (Å²) < 4.78 is 1.90. The second kappa shape index (κ2) is 5.84. The highest BCUT2D eigenvalue weighted by Gasteiger charge is 2.15. The third kappa shape index (κ3) is 3.58. The Morgan fingerprint density at radius 3 is 2.71 bits per heavy atom. The Balaban J connectivity index is 1.82. The van der Waals surface area contributed by atoms with Gasteiger partial charge in [-0.2, -0.15) is 0 Å². The summed E-state index contributed by atoms with van der Waals surface area (Å²) in [6.07, 6.45) is 11.4. The lowest BCUT2D eigenvalue weighted by atomic mass is 10.1. The van der Waals surface area contributed by atoms with E-state index in [1.165, 1.54) is 25.7 Å². The van der Waals surface area contributed by atoms with Crippen molar-refractivity contribution in [3.63, 3.8) is 0 Å². The lowest BCUT2D eigenvalue weighted by Gasteiger charge is -2.15. The Kier molecular flexibility index (Phi) is 4.18. The van der Waals surface area contributed by atoms with Gasteiger partial charge in [0, 0.05) is 25.5 Å². The number of hydrogen-bond acceptors (Lipinski definition) is 2. The first kappa shape index (κ1) is 12.1. The smallest absolute Gasteiger partial charge is 0.227 e. The normalized spacial score (nSPS) is 17.7. The quantitative estimate of drug-likeness (QED) is 0.812. The van der Waals surface area contributed by atoms with Crippen molar-refractivity contribution in [1.82, 2.24) is 14.9 Å². The van der Waals surface area contributed by atoms with Crippen molar-refractivity contribution in [2.24, 2.45) is 7.05 Å². The molecule has 0 bridgehead atoms. The number of aryl methyl sites for hydroxylation is 1. The summed E-state index contributed by atoms with van der Waals surface area (Å²) in [5.41, 5.74) is 0. The fraction of sp³-hybridized carbons (Fsp3) is 0.692. The molecule has 0 aromatic carbocycles. The van der Waals surface area contributed by atoms with Gasteiger partial charge in [-0.05, 0) is 12.8 Å². The van der Waals surface area contributed by atoms with Crippen LogP contribution in [-0.4, -0.2) is 21.5 Å². The Morgan fingerprint density at radius 1 is 1.41 bits per heavy atom. The van der Waals surface area contributed by atoms with Crippen LogP contribution >= 0.6 is 0 Å². The highest BCUT2D eigenvalue weighted by atomic mass is 16.1. The molecule has 0 spiro atoms. The molecule has 1 aliphatic carbocycles. The summed E-state index contributed by atoms with van der Waals surface area (Å²) in [4.78, 5) is 16.0. The average Bonchev–Trinajstić information content (AvgIpc) is 2.55. The van der Waals surface area contributed by atoms with E-state index in [1.807, 2.05) is 17.8 Å². The number of carbonyl (C=O) groups excluding carboxylic acids is 1. The fourth-order valence-electron chi connectivity index (χ4n) is 2.41. The Bertz CT molecular complexity index is 364. The minimum atomic E-state index is 0.103. The molecule has 1 aromatic rings. The fourth-order valence-corrected chi connectivity index (χ4v) is 2.41. The summed E-state index contributed by atoms with van der Waals surface area (Å²) in [7, 11) is 1.92. The van der Waals surface area contributed by atoms with Crippen LogP contribution in [0.2, 0.25) is 0 Å². The van der Waals surface area contributed by atoms with Crippen LogP contribution < -0.4 is 5.32 Å². The van der Waals surface area contributed by atoms with Gasteiger partial charge in [0.15, 0.2) is 0 Å².